The van der Waals surface area contributed by atoms with Crippen LogP contribution in [0.3, 0.4) is 0 Å². The third-order valence-electron chi connectivity index (χ3n) is 5.15. The van der Waals surface area contributed by atoms with Crippen LogP contribution in [0.2, 0.25) is 0 Å². The highest BCUT2D eigenvalue weighted by atomic mass is 32.2. The monoisotopic (exact) mass is 494 g/mol. The summed E-state index contributed by atoms with van der Waals surface area (Å²) in [7, 11) is 0. The number of nitrogens with zero attached hydrogens (tertiary/aromatic N) is 6. The van der Waals surface area contributed by atoms with Crippen molar-refractivity contribution in [2.45, 2.75) is 51.3 Å². The van der Waals surface area contributed by atoms with Crippen LogP contribution in [-0.2, 0) is 25.3 Å². The fourth-order valence-corrected chi connectivity index (χ4v) is 4.17. The molecule has 11 heteroatoms. The molecule has 0 aliphatic carbocycles. The van der Waals surface area contributed by atoms with Crippen LogP contribution >= 0.6 is 11.8 Å². The Labute approximate surface area is 206 Å². The van der Waals surface area contributed by atoms with E-state index in [2.05, 4.69) is 53.2 Å². The van der Waals surface area contributed by atoms with Crippen LogP contribution in [0, 0.1) is 16.0 Å². The molecular weight excluding hydrogens is 468 g/mol. The molecular formula is C24H26N6O4S. The molecule has 0 spiro atoms. The van der Waals surface area contributed by atoms with Crippen LogP contribution in [0.15, 0.2) is 58.2 Å². The Morgan fingerprint density at radius 2 is 1.97 bits per heavy atom. The zero-order valence-corrected chi connectivity index (χ0v) is 20.6. The Morgan fingerprint density at radius 3 is 2.69 bits per heavy atom. The SMILES string of the molecule is CCc1ccc(OCc2nnc(SCc3nc(-c4cccc([N+](=O)[O-])c4)no3)n2CC(C)C)cc1. The van der Waals surface area contributed by atoms with Gasteiger partial charge in [-0.1, -0.05) is 62.0 Å². The summed E-state index contributed by atoms with van der Waals surface area (Å²) in [5.74, 6) is 2.99. The van der Waals surface area contributed by atoms with Gasteiger partial charge in [-0.2, -0.15) is 4.98 Å². The molecule has 0 saturated carbocycles. The number of benzene rings is 2. The first kappa shape index (κ1) is 24.4. The van der Waals surface area contributed by atoms with Gasteiger partial charge in [-0.05, 0) is 30.0 Å². The standard InChI is InChI=1S/C24H26N6O4S/c1-4-17-8-10-20(11-9-17)33-14-21-26-27-24(29(21)13-16(2)3)35-15-22-25-23(28-34-22)18-6-5-7-19(12-18)30(31)32/h5-12,16H,4,13-15H2,1-3H3. The van der Waals surface area contributed by atoms with E-state index in [4.69, 9.17) is 9.26 Å². The highest BCUT2D eigenvalue weighted by Crippen LogP contribution is 2.26. The van der Waals surface area contributed by atoms with Crippen LogP contribution in [0.25, 0.3) is 11.4 Å². The molecule has 0 aliphatic rings. The van der Waals surface area contributed by atoms with Gasteiger partial charge >= 0.3 is 0 Å². The number of rotatable bonds is 11. The molecule has 2 aromatic carbocycles. The second-order valence-electron chi connectivity index (χ2n) is 8.30. The van der Waals surface area contributed by atoms with Crippen LogP contribution < -0.4 is 4.74 Å². The van der Waals surface area contributed by atoms with Gasteiger partial charge in [0.1, 0.15) is 12.4 Å². The summed E-state index contributed by atoms with van der Waals surface area (Å²) in [5.41, 5.74) is 1.75. The van der Waals surface area contributed by atoms with Gasteiger partial charge in [-0.15, -0.1) is 10.2 Å². The highest BCUT2D eigenvalue weighted by molar-refractivity contribution is 7.98. The van der Waals surface area contributed by atoms with Crippen molar-refractivity contribution in [1.29, 1.82) is 0 Å². The Balaban J connectivity index is 1.44. The largest absolute Gasteiger partial charge is 0.486 e. The maximum Gasteiger partial charge on any atom is 0.270 e. The summed E-state index contributed by atoms with van der Waals surface area (Å²) >= 11 is 1.44. The van der Waals surface area contributed by atoms with Gasteiger partial charge in [0.05, 0.1) is 10.7 Å². The average molecular weight is 495 g/mol. The number of hydrogen-bond acceptors (Lipinski definition) is 9. The molecule has 0 amide bonds. The van der Waals surface area contributed by atoms with E-state index in [0.29, 0.717) is 35.6 Å². The van der Waals surface area contributed by atoms with Crippen molar-refractivity contribution in [3.63, 3.8) is 0 Å². The minimum absolute atomic E-state index is 0.0268. The van der Waals surface area contributed by atoms with E-state index in [1.54, 1.807) is 12.1 Å². The Hall–Kier alpha value is -3.73. The molecule has 4 aromatic rings. The second kappa shape index (κ2) is 11.1. The van der Waals surface area contributed by atoms with Gasteiger partial charge in [0.25, 0.3) is 5.69 Å². The summed E-state index contributed by atoms with van der Waals surface area (Å²) in [6.07, 6.45) is 0.983. The van der Waals surface area contributed by atoms with Crippen LogP contribution in [0.1, 0.15) is 38.0 Å². The van der Waals surface area contributed by atoms with Gasteiger partial charge in [0.15, 0.2) is 11.0 Å². The van der Waals surface area contributed by atoms with Crippen molar-refractivity contribution in [3.8, 4) is 17.1 Å². The van der Waals surface area contributed by atoms with E-state index in [-0.39, 0.29) is 5.69 Å². The van der Waals surface area contributed by atoms with E-state index in [0.717, 1.165) is 29.7 Å². The molecule has 0 aliphatic heterocycles. The number of hydrogen-bond donors (Lipinski definition) is 0. The van der Waals surface area contributed by atoms with Crippen molar-refractivity contribution < 1.29 is 14.2 Å². The van der Waals surface area contributed by atoms with Gasteiger partial charge < -0.3 is 13.8 Å². The number of nitro benzene ring substituents is 1. The number of thioether (sulfide) groups is 1. The zero-order valence-electron chi connectivity index (χ0n) is 19.7. The number of ether oxygens (including phenoxy) is 1. The third kappa shape index (κ3) is 6.24. The lowest BCUT2D eigenvalue weighted by atomic mass is 10.2. The average Bonchev–Trinajstić information content (AvgIpc) is 3.48. The zero-order chi connectivity index (χ0) is 24.8. The molecule has 0 N–H and O–H groups in total. The molecule has 35 heavy (non-hydrogen) atoms. The lowest BCUT2D eigenvalue weighted by Gasteiger charge is -2.13. The van der Waals surface area contributed by atoms with E-state index in [9.17, 15) is 10.1 Å². The minimum atomic E-state index is -0.455. The molecule has 0 fully saturated rings. The molecule has 0 radical (unpaired) electrons. The number of aryl methyl sites for hydroxylation is 1. The fraction of sp³-hybridized carbons (Fsp3) is 0.333. The Bertz CT molecular complexity index is 1290. The predicted molar refractivity (Wildman–Crippen MR) is 131 cm³/mol. The number of nitro groups is 1. The molecule has 4 rings (SSSR count). The first-order valence-electron chi connectivity index (χ1n) is 11.3. The van der Waals surface area contributed by atoms with Gasteiger partial charge in [0, 0.05) is 24.2 Å². The maximum atomic E-state index is 11.0. The van der Waals surface area contributed by atoms with Gasteiger partial charge in [-0.3, -0.25) is 10.1 Å². The summed E-state index contributed by atoms with van der Waals surface area (Å²) in [5, 5.41) is 24.4. The van der Waals surface area contributed by atoms with E-state index < -0.39 is 4.92 Å². The van der Waals surface area contributed by atoms with E-state index >= 15 is 0 Å². The lowest BCUT2D eigenvalue weighted by Crippen LogP contribution is -2.12. The normalized spacial score (nSPS) is 11.2. The maximum absolute atomic E-state index is 11.0. The molecule has 10 nitrogen and oxygen atoms in total. The molecule has 2 aromatic heterocycles. The van der Waals surface area contributed by atoms with E-state index in [1.807, 2.05) is 16.7 Å². The number of non-ortho nitro benzene ring substituents is 1. The molecule has 182 valence electrons. The van der Waals surface area contributed by atoms with Crippen molar-refractivity contribution in [3.05, 3.63) is 75.9 Å². The van der Waals surface area contributed by atoms with Crippen molar-refractivity contribution in [1.82, 2.24) is 24.9 Å². The topological polar surface area (TPSA) is 122 Å². The second-order valence-corrected chi connectivity index (χ2v) is 9.24. The van der Waals surface area contributed by atoms with Crippen molar-refractivity contribution >= 4 is 17.4 Å². The summed E-state index contributed by atoms with van der Waals surface area (Å²) < 4.78 is 13.4. The number of aromatic nitrogens is 5. The van der Waals surface area contributed by atoms with Crippen molar-refractivity contribution in [2.24, 2.45) is 5.92 Å². The lowest BCUT2D eigenvalue weighted by molar-refractivity contribution is -0.384. The molecule has 0 bridgehead atoms. The summed E-state index contributed by atoms with van der Waals surface area (Å²) in [6, 6.07) is 14.2. The van der Waals surface area contributed by atoms with Crippen LogP contribution in [-0.4, -0.2) is 29.8 Å². The third-order valence-corrected chi connectivity index (χ3v) is 6.10. The van der Waals surface area contributed by atoms with Gasteiger partial charge in [-0.25, -0.2) is 0 Å². The van der Waals surface area contributed by atoms with Gasteiger partial charge in [0.2, 0.25) is 11.7 Å². The Kier molecular flexibility index (Phi) is 7.76. The smallest absolute Gasteiger partial charge is 0.270 e. The predicted octanol–water partition coefficient (Wildman–Crippen LogP) is 5.33. The first-order chi connectivity index (χ1) is 16.9. The highest BCUT2D eigenvalue weighted by Gasteiger charge is 2.17. The molecule has 0 unspecified atom stereocenters. The summed E-state index contributed by atoms with van der Waals surface area (Å²) in [4.78, 5) is 15.0. The van der Waals surface area contributed by atoms with Crippen LogP contribution in [0.4, 0.5) is 5.69 Å². The summed E-state index contributed by atoms with van der Waals surface area (Å²) in [6.45, 7) is 7.43. The quantitative estimate of drug-likeness (QED) is 0.155. The fourth-order valence-electron chi connectivity index (χ4n) is 3.37. The van der Waals surface area contributed by atoms with Crippen LogP contribution in [0.5, 0.6) is 5.75 Å². The molecule has 0 atom stereocenters. The van der Waals surface area contributed by atoms with E-state index in [1.165, 1.54) is 29.5 Å². The Morgan fingerprint density at radius 1 is 1.17 bits per heavy atom. The van der Waals surface area contributed by atoms with Crippen molar-refractivity contribution in [2.75, 3.05) is 0 Å². The molecule has 2 heterocycles. The molecule has 0 saturated heterocycles. The first-order valence-corrected chi connectivity index (χ1v) is 12.3. The minimum Gasteiger partial charge on any atom is -0.486 e.